The molecule has 0 amide bonds. The van der Waals surface area contributed by atoms with Gasteiger partial charge in [0.05, 0.1) is 25.9 Å². The van der Waals surface area contributed by atoms with Gasteiger partial charge in [-0.05, 0) is 19.1 Å². The summed E-state index contributed by atoms with van der Waals surface area (Å²) < 4.78 is 18.4. The van der Waals surface area contributed by atoms with Gasteiger partial charge in [0.15, 0.2) is 11.5 Å². The van der Waals surface area contributed by atoms with E-state index in [0.717, 1.165) is 27.7 Å². The molecule has 0 fully saturated rings. The number of aryl methyl sites for hydroxylation is 1. The summed E-state index contributed by atoms with van der Waals surface area (Å²) in [5, 5.41) is 9.04. The van der Waals surface area contributed by atoms with Crippen LogP contribution < -0.4 is 19.5 Å². The third kappa shape index (κ3) is 4.81. The Labute approximate surface area is 175 Å². The third-order valence-corrected chi connectivity index (χ3v) is 4.80. The fourth-order valence-corrected chi connectivity index (χ4v) is 3.03. The van der Waals surface area contributed by atoms with Crippen LogP contribution >= 0.6 is 11.6 Å². The lowest BCUT2D eigenvalue weighted by atomic mass is 10.1. The van der Waals surface area contributed by atoms with Crippen molar-refractivity contribution < 1.29 is 14.2 Å². The standard InChI is InChI=1S/C21H25ClN4O3/c1-13(22)12-29-21-16(9-23-10-17-11-24-26(3)14(17)2)6-15-7-19(27-4)20(28-5)8-18(15)25-21/h6-8,11,23H,1,9-10,12H2,2-5H3. The molecule has 0 spiro atoms. The Morgan fingerprint density at radius 1 is 1.14 bits per heavy atom. The van der Waals surface area contributed by atoms with Crippen molar-refractivity contribution in [1.29, 1.82) is 0 Å². The number of aromatic nitrogens is 3. The molecule has 0 aliphatic heterocycles. The maximum absolute atomic E-state index is 5.88. The lowest BCUT2D eigenvalue weighted by Gasteiger charge is -2.14. The molecule has 3 rings (SSSR count). The number of hydrogen-bond acceptors (Lipinski definition) is 6. The van der Waals surface area contributed by atoms with Gasteiger partial charge in [-0.15, -0.1) is 0 Å². The smallest absolute Gasteiger partial charge is 0.218 e. The molecular formula is C21H25ClN4O3. The van der Waals surface area contributed by atoms with Gasteiger partial charge in [-0.3, -0.25) is 4.68 Å². The van der Waals surface area contributed by atoms with Crippen molar-refractivity contribution in [2.24, 2.45) is 7.05 Å². The third-order valence-electron chi connectivity index (χ3n) is 4.69. The Balaban J connectivity index is 1.90. The van der Waals surface area contributed by atoms with Gasteiger partial charge in [-0.2, -0.15) is 5.10 Å². The minimum Gasteiger partial charge on any atom is -0.493 e. The van der Waals surface area contributed by atoms with Crippen LogP contribution in [0.4, 0.5) is 0 Å². The molecule has 0 bridgehead atoms. The molecule has 0 saturated carbocycles. The SMILES string of the molecule is C=C(Cl)COc1nc2cc(OC)c(OC)cc2cc1CNCc1cnn(C)c1C. The number of fused-ring (bicyclic) bond motifs is 1. The first-order valence-corrected chi connectivity index (χ1v) is 9.50. The maximum atomic E-state index is 5.88. The molecule has 0 unspecified atom stereocenters. The van der Waals surface area contributed by atoms with E-state index in [9.17, 15) is 0 Å². The highest BCUT2D eigenvalue weighted by Crippen LogP contribution is 2.33. The highest BCUT2D eigenvalue weighted by molar-refractivity contribution is 6.29. The predicted octanol–water partition coefficient (Wildman–Crippen LogP) is 3.72. The molecule has 1 aromatic carbocycles. The zero-order chi connectivity index (χ0) is 21.0. The Bertz CT molecular complexity index is 1030. The van der Waals surface area contributed by atoms with Crippen molar-refractivity contribution in [3.63, 3.8) is 0 Å². The average molecular weight is 417 g/mol. The summed E-state index contributed by atoms with van der Waals surface area (Å²) >= 11 is 5.88. The maximum Gasteiger partial charge on any atom is 0.218 e. The van der Waals surface area contributed by atoms with Crippen LogP contribution in [0.3, 0.4) is 0 Å². The van der Waals surface area contributed by atoms with Gasteiger partial charge in [-0.1, -0.05) is 18.2 Å². The van der Waals surface area contributed by atoms with Gasteiger partial charge in [0.2, 0.25) is 5.88 Å². The predicted molar refractivity (Wildman–Crippen MR) is 114 cm³/mol. The van der Waals surface area contributed by atoms with Crippen LogP contribution in [0.5, 0.6) is 17.4 Å². The molecule has 8 heteroatoms. The number of rotatable bonds is 9. The van der Waals surface area contributed by atoms with E-state index in [1.807, 2.05) is 43.0 Å². The van der Waals surface area contributed by atoms with Crippen LogP contribution in [0, 0.1) is 6.92 Å². The summed E-state index contributed by atoms with van der Waals surface area (Å²) in [4.78, 5) is 4.66. The monoisotopic (exact) mass is 416 g/mol. The zero-order valence-electron chi connectivity index (χ0n) is 17.1. The largest absolute Gasteiger partial charge is 0.493 e. The Hall–Kier alpha value is -2.77. The lowest BCUT2D eigenvalue weighted by molar-refractivity contribution is 0.340. The summed E-state index contributed by atoms with van der Waals surface area (Å²) in [6, 6.07) is 5.76. The second-order valence-electron chi connectivity index (χ2n) is 6.64. The molecule has 0 atom stereocenters. The van der Waals surface area contributed by atoms with Crippen LogP contribution in [0.2, 0.25) is 0 Å². The molecule has 1 N–H and O–H groups in total. The number of pyridine rings is 1. The first-order chi connectivity index (χ1) is 13.9. The fraction of sp³-hybridized carbons (Fsp3) is 0.333. The van der Waals surface area contributed by atoms with E-state index in [-0.39, 0.29) is 6.61 Å². The quantitative estimate of drug-likeness (QED) is 0.573. The van der Waals surface area contributed by atoms with Crippen molar-refractivity contribution in [2.45, 2.75) is 20.0 Å². The molecule has 3 aromatic rings. The van der Waals surface area contributed by atoms with Crippen molar-refractivity contribution in [1.82, 2.24) is 20.1 Å². The number of halogens is 1. The number of nitrogens with zero attached hydrogens (tertiary/aromatic N) is 3. The summed E-state index contributed by atoms with van der Waals surface area (Å²) in [7, 11) is 5.13. The first-order valence-electron chi connectivity index (χ1n) is 9.12. The molecule has 29 heavy (non-hydrogen) atoms. The highest BCUT2D eigenvalue weighted by atomic mass is 35.5. The van der Waals surface area contributed by atoms with Crippen LogP contribution in [0.1, 0.15) is 16.8 Å². The average Bonchev–Trinajstić information content (AvgIpc) is 3.03. The summed E-state index contributed by atoms with van der Waals surface area (Å²) in [6.07, 6.45) is 1.87. The number of ether oxygens (including phenoxy) is 3. The normalized spacial score (nSPS) is 10.9. The van der Waals surface area contributed by atoms with E-state index in [2.05, 4.69) is 22.0 Å². The number of nitrogens with one attached hydrogen (secondary N) is 1. The van der Waals surface area contributed by atoms with Gasteiger partial charge in [0, 0.05) is 53.4 Å². The molecule has 7 nitrogen and oxygen atoms in total. The molecule has 2 aromatic heterocycles. The summed E-state index contributed by atoms with van der Waals surface area (Å²) in [5.41, 5.74) is 3.92. The van der Waals surface area contributed by atoms with Crippen LogP contribution in [-0.2, 0) is 20.1 Å². The first kappa shape index (κ1) is 21.0. The second kappa shape index (κ2) is 9.15. The van der Waals surface area contributed by atoms with E-state index >= 15 is 0 Å². The second-order valence-corrected chi connectivity index (χ2v) is 7.18. The van der Waals surface area contributed by atoms with Gasteiger partial charge >= 0.3 is 0 Å². The minimum atomic E-state index is 0.183. The number of benzene rings is 1. The molecule has 0 radical (unpaired) electrons. The highest BCUT2D eigenvalue weighted by Gasteiger charge is 2.13. The van der Waals surface area contributed by atoms with E-state index < -0.39 is 0 Å². The zero-order valence-corrected chi connectivity index (χ0v) is 17.8. The number of hydrogen-bond donors (Lipinski definition) is 1. The van der Waals surface area contributed by atoms with Crippen LogP contribution in [0.25, 0.3) is 10.9 Å². The minimum absolute atomic E-state index is 0.183. The van der Waals surface area contributed by atoms with E-state index in [0.29, 0.717) is 35.5 Å². The van der Waals surface area contributed by atoms with Gasteiger partial charge in [-0.25, -0.2) is 4.98 Å². The van der Waals surface area contributed by atoms with E-state index in [1.165, 1.54) is 0 Å². The summed E-state index contributed by atoms with van der Waals surface area (Å²) in [6.45, 7) is 7.15. The fourth-order valence-electron chi connectivity index (χ4n) is 2.97. The van der Waals surface area contributed by atoms with Crippen molar-refractivity contribution in [3.05, 3.63) is 52.8 Å². The molecule has 0 aliphatic rings. The Morgan fingerprint density at radius 2 is 1.83 bits per heavy atom. The van der Waals surface area contributed by atoms with Crippen molar-refractivity contribution >= 4 is 22.5 Å². The van der Waals surface area contributed by atoms with Crippen LogP contribution in [-0.4, -0.2) is 35.6 Å². The number of methoxy groups -OCH3 is 2. The van der Waals surface area contributed by atoms with Crippen molar-refractivity contribution in [2.75, 3.05) is 20.8 Å². The Kier molecular flexibility index (Phi) is 6.61. The van der Waals surface area contributed by atoms with Gasteiger partial charge in [0.25, 0.3) is 0 Å². The van der Waals surface area contributed by atoms with Gasteiger partial charge < -0.3 is 19.5 Å². The lowest BCUT2D eigenvalue weighted by Crippen LogP contribution is -2.15. The van der Waals surface area contributed by atoms with Crippen LogP contribution in [0.15, 0.2) is 36.0 Å². The molecular weight excluding hydrogens is 392 g/mol. The van der Waals surface area contributed by atoms with Crippen molar-refractivity contribution in [3.8, 4) is 17.4 Å². The van der Waals surface area contributed by atoms with Gasteiger partial charge in [0.1, 0.15) is 6.61 Å². The molecule has 0 aliphatic carbocycles. The molecule has 154 valence electrons. The Morgan fingerprint density at radius 3 is 2.45 bits per heavy atom. The summed E-state index contributed by atoms with van der Waals surface area (Å²) in [5.74, 6) is 1.76. The molecule has 0 saturated heterocycles. The van der Waals surface area contributed by atoms with E-state index in [1.54, 1.807) is 14.2 Å². The topological polar surface area (TPSA) is 70.4 Å². The van der Waals surface area contributed by atoms with E-state index in [4.69, 9.17) is 25.8 Å². The molecule has 2 heterocycles.